The molecule has 0 bridgehead atoms. The van der Waals surface area contributed by atoms with Gasteiger partial charge in [-0.25, -0.2) is 0 Å². The highest BCUT2D eigenvalue weighted by Crippen LogP contribution is 2.24. The molecule has 0 radical (unpaired) electrons. The summed E-state index contributed by atoms with van der Waals surface area (Å²) in [4.78, 5) is 11.0. The van der Waals surface area contributed by atoms with Gasteiger partial charge in [-0.3, -0.25) is 9.35 Å². The van der Waals surface area contributed by atoms with Gasteiger partial charge in [0.1, 0.15) is 5.75 Å². The first-order valence-electron chi connectivity index (χ1n) is 4.61. The summed E-state index contributed by atoms with van der Waals surface area (Å²) in [6.45, 7) is 0. The average Bonchev–Trinajstić information content (AvgIpc) is 2.24. The Morgan fingerprint density at radius 2 is 1.88 bits per heavy atom. The van der Waals surface area contributed by atoms with Crippen molar-refractivity contribution in [3.63, 3.8) is 0 Å². The van der Waals surface area contributed by atoms with Gasteiger partial charge >= 0.3 is 0 Å². The molecule has 1 aromatic carbocycles. The minimum absolute atomic E-state index is 0.183. The van der Waals surface area contributed by atoms with Gasteiger partial charge in [-0.05, 0) is 18.2 Å². The van der Waals surface area contributed by atoms with Crippen LogP contribution >= 0.6 is 0 Å². The zero-order valence-electron chi connectivity index (χ0n) is 8.78. The van der Waals surface area contributed by atoms with Crippen LogP contribution in [-0.2, 0) is 17.2 Å². The molecule has 0 fully saturated rings. The Hall–Kier alpha value is -1.86. The van der Waals surface area contributed by atoms with E-state index in [0.29, 0.717) is 5.52 Å². The van der Waals surface area contributed by atoms with Crippen LogP contribution in [0.25, 0.3) is 10.9 Å². The molecule has 0 aliphatic rings. The lowest BCUT2D eigenvalue weighted by Gasteiger charge is -2.07. The number of fused-ring (bicyclic) bond motifs is 1. The third-order valence-corrected chi connectivity index (χ3v) is 3.34. The van der Waals surface area contributed by atoms with Crippen molar-refractivity contribution in [3.8, 4) is 5.75 Å². The molecule has 0 saturated heterocycles. The molecular formula is C10H9NO5S. The molecule has 7 heteroatoms. The van der Waals surface area contributed by atoms with E-state index >= 15 is 0 Å². The standard InChI is InChI=1S/C10H9NO5S/c1-11-8-3-2-6(17(14,15)16)4-7(8)9(12)5-10(11)13/h2-5,12H,1H3,(H,14,15,16). The highest BCUT2D eigenvalue weighted by atomic mass is 32.2. The van der Waals surface area contributed by atoms with E-state index in [1.165, 1.54) is 17.7 Å². The van der Waals surface area contributed by atoms with Crippen LogP contribution in [-0.4, -0.2) is 22.6 Å². The predicted molar refractivity (Wildman–Crippen MR) is 60.7 cm³/mol. The highest BCUT2D eigenvalue weighted by molar-refractivity contribution is 7.85. The molecule has 6 nitrogen and oxygen atoms in total. The fourth-order valence-corrected chi connectivity index (χ4v) is 2.09. The number of hydrogen-bond acceptors (Lipinski definition) is 4. The maximum absolute atomic E-state index is 11.4. The third kappa shape index (κ3) is 1.90. The highest BCUT2D eigenvalue weighted by Gasteiger charge is 2.13. The molecule has 0 aliphatic heterocycles. The Labute approximate surface area is 96.5 Å². The van der Waals surface area contributed by atoms with Crippen LogP contribution in [0.5, 0.6) is 5.75 Å². The maximum Gasteiger partial charge on any atom is 0.294 e. The summed E-state index contributed by atoms with van der Waals surface area (Å²) < 4.78 is 32.0. The lowest BCUT2D eigenvalue weighted by molar-refractivity contribution is 0.479. The van der Waals surface area contributed by atoms with Crippen LogP contribution in [0.15, 0.2) is 34.0 Å². The van der Waals surface area contributed by atoms with Gasteiger partial charge in [-0.2, -0.15) is 8.42 Å². The van der Waals surface area contributed by atoms with Crippen molar-refractivity contribution in [1.82, 2.24) is 4.57 Å². The zero-order chi connectivity index (χ0) is 12.8. The number of pyridine rings is 1. The first-order chi connectivity index (χ1) is 7.80. The van der Waals surface area contributed by atoms with Crippen molar-refractivity contribution < 1.29 is 18.1 Å². The fourth-order valence-electron chi connectivity index (χ4n) is 1.58. The van der Waals surface area contributed by atoms with Gasteiger partial charge in [-0.15, -0.1) is 0 Å². The van der Waals surface area contributed by atoms with Crippen LogP contribution in [0.2, 0.25) is 0 Å². The molecule has 0 unspecified atom stereocenters. The second-order valence-corrected chi connectivity index (χ2v) is 5.00. The number of benzene rings is 1. The first kappa shape index (κ1) is 11.6. The van der Waals surface area contributed by atoms with E-state index in [0.717, 1.165) is 18.2 Å². The molecule has 2 rings (SSSR count). The van der Waals surface area contributed by atoms with Gasteiger partial charge in [0.05, 0.1) is 10.4 Å². The van der Waals surface area contributed by atoms with E-state index in [1.807, 2.05) is 0 Å². The molecule has 90 valence electrons. The molecule has 17 heavy (non-hydrogen) atoms. The van der Waals surface area contributed by atoms with Crippen LogP contribution in [0, 0.1) is 0 Å². The number of rotatable bonds is 1. The number of aryl methyl sites for hydroxylation is 1. The Bertz CT molecular complexity index is 760. The number of nitrogens with zero attached hydrogens (tertiary/aromatic N) is 1. The van der Waals surface area contributed by atoms with Crippen molar-refractivity contribution >= 4 is 21.0 Å². The normalized spacial score (nSPS) is 11.9. The molecule has 2 N–H and O–H groups in total. The molecular weight excluding hydrogens is 246 g/mol. The van der Waals surface area contributed by atoms with E-state index in [1.54, 1.807) is 0 Å². The van der Waals surface area contributed by atoms with Crippen molar-refractivity contribution in [1.29, 1.82) is 0 Å². The number of aromatic hydroxyl groups is 1. The van der Waals surface area contributed by atoms with Crippen molar-refractivity contribution in [2.75, 3.05) is 0 Å². The van der Waals surface area contributed by atoms with Gasteiger partial charge in [-0.1, -0.05) is 0 Å². The summed E-state index contributed by atoms with van der Waals surface area (Å²) in [6.07, 6.45) is 0. The van der Waals surface area contributed by atoms with Crippen molar-refractivity contribution in [2.24, 2.45) is 7.05 Å². The Balaban J connectivity index is 2.94. The Morgan fingerprint density at radius 1 is 1.24 bits per heavy atom. The van der Waals surface area contributed by atoms with Crippen LogP contribution in [0.1, 0.15) is 0 Å². The SMILES string of the molecule is Cn1c(=O)cc(O)c2cc(S(=O)(=O)O)ccc21. The summed E-state index contributed by atoms with van der Waals surface area (Å²) in [7, 11) is -2.84. The molecule has 0 amide bonds. The molecule has 0 spiro atoms. The topological polar surface area (TPSA) is 96.6 Å². The monoisotopic (exact) mass is 255 g/mol. The van der Waals surface area contributed by atoms with Gasteiger partial charge in [0, 0.05) is 18.5 Å². The summed E-state index contributed by atoms with van der Waals surface area (Å²) >= 11 is 0. The lowest BCUT2D eigenvalue weighted by Crippen LogP contribution is -2.15. The summed E-state index contributed by atoms with van der Waals surface area (Å²) in [5, 5.41) is 9.76. The van der Waals surface area contributed by atoms with Gasteiger partial charge in [0.15, 0.2) is 0 Å². The quantitative estimate of drug-likeness (QED) is 0.723. The van der Waals surface area contributed by atoms with E-state index in [-0.39, 0.29) is 16.0 Å². The molecule has 0 aliphatic carbocycles. The summed E-state index contributed by atoms with van der Waals surface area (Å²) in [5.41, 5.74) is -0.0306. The molecule has 0 saturated carbocycles. The van der Waals surface area contributed by atoms with E-state index < -0.39 is 15.7 Å². The second kappa shape index (κ2) is 3.57. The Morgan fingerprint density at radius 3 is 2.47 bits per heavy atom. The third-order valence-electron chi connectivity index (χ3n) is 2.49. The summed E-state index contributed by atoms with van der Waals surface area (Å²) in [6, 6.07) is 4.60. The molecule has 2 aromatic rings. The van der Waals surface area contributed by atoms with Gasteiger partial charge in [0.25, 0.3) is 15.7 Å². The maximum atomic E-state index is 11.4. The number of aromatic nitrogens is 1. The van der Waals surface area contributed by atoms with Gasteiger partial charge in [0.2, 0.25) is 0 Å². The first-order valence-corrected chi connectivity index (χ1v) is 6.05. The molecule has 0 atom stereocenters. The lowest BCUT2D eigenvalue weighted by atomic mass is 10.2. The second-order valence-electron chi connectivity index (χ2n) is 3.58. The average molecular weight is 255 g/mol. The minimum Gasteiger partial charge on any atom is -0.507 e. The molecule has 1 heterocycles. The van der Waals surface area contributed by atoms with Crippen LogP contribution in [0.3, 0.4) is 0 Å². The smallest absolute Gasteiger partial charge is 0.294 e. The van der Waals surface area contributed by atoms with Crippen molar-refractivity contribution in [2.45, 2.75) is 4.90 Å². The number of hydrogen-bond donors (Lipinski definition) is 2. The predicted octanol–water partition coefficient (Wildman–Crippen LogP) is 0.491. The van der Waals surface area contributed by atoms with Gasteiger partial charge < -0.3 is 9.67 Å². The van der Waals surface area contributed by atoms with Crippen LogP contribution in [0.4, 0.5) is 0 Å². The minimum atomic E-state index is -4.33. The van der Waals surface area contributed by atoms with E-state index in [4.69, 9.17) is 4.55 Å². The van der Waals surface area contributed by atoms with Crippen molar-refractivity contribution in [3.05, 3.63) is 34.6 Å². The molecule has 1 aromatic heterocycles. The fraction of sp³-hybridized carbons (Fsp3) is 0.100. The van der Waals surface area contributed by atoms with Crippen LogP contribution < -0.4 is 5.56 Å². The zero-order valence-corrected chi connectivity index (χ0v) is 9.60. The van der Waals surface area contributed by atoms with E-state index in [9.17, 15) is 18.3 Å². The van der Waals surface area contributed by atoms with E-state index in [2.05, 4.69) is 0 Å². The largest absolute Gasteiger partial charge is 0.507 e. The summed E-state index contributed by atoms with van der Waals surface area (Å²) in [5.74, 6) is -0.325. The Kier molecular flexibility index (Phi) is 2.44.